The second-order valence-corrected chi connectivity index (χ2v) is 3.42. The van der Waals surface area contributed by atoms with E-state index in [-0.39, 0.29) is 6.42 Å². The van der Waals surface area contributed by atoms with Crippen LogP contribution < -0.4 is 5.73 Å². The summed E-state index contributed by atoms with van der Waals surface area (Å²) in [4.78, 5) is 0. The topological polar surface area (TPSA) is 49.8 Å². The van der Waals surface area contributed by atoms with Crippen LogP contribution in [-0.2, 0) is 0 Å². The minimum absolute atomic E-state index is 0.212. The smallest absolute Gasteiger partial charge is 0.0641 e. The van der Waals surface area contributed by atoms with Crippen molar-refractivity contribution in [3.8, 4) is 6.07 Å². The number of nitriles is 1. The summed E-state index contributed by atoms with van der Waals surface area (Å²) in [5.41, 5.74) is 6.36. The third kappa shape index (κ3) is 2.35. The van der Waals surface area contributed by atoms with E-state index in [2.05, 4.69) is 0 Å². The van der Waals surface area contributed by atoms with E-state index in [0.29, 0.717) is 15.6 Å². The zero-order chi connectivity index (χ0) is 9.84. The summed E-state index contributed by atoms with van der Waals surface area (Å²) < 4.78 is 0. The third-order valence-corrected chi connectivity index (χ3v) is 2.34. The van der Waals surface area contributed by atoms with Crippen LogP contribution in [0.4, 0.5) is 0 Å². The molecule has 4 heteroatoms. The molecule has 1 aromatic rings. The molecule has 68 valence electrons. The first-order chi connectivity index (χ1) is 6.16. The Kier molecular flexibility index (Phi) is 3.56. The zero-order valence-electron chi connectivity index (χ0n) is 6.80. The van der Waals surface area contributed by atoms with Crippen LogP contribution >= 0.6 is 23.2 Å². The lowest BCUT2D eigenvalue weighted by Gasteiger charge is -2.11. The fourth-order valence-corrected chi connectivity index (χ4v) is 1.74. The molecule has 0 aliphatic rings. The molecule has 0 saturated heterocycles. The van der Waals surface area contributed by atoms with Crippen LogP contribution in [0.5, 0.6) is 0 Å². The highest BCUT2D eigenvalue weighted by molar-refractivity contribution is 6.36. The predicted molar refractivity (Wildman–Crippen MR) is 53.6 cm³/mol. The van der Waals surface area contributed by atoms with Gasteiger partial charge in [-0.2, -0.15) is 5.26 Å². The number of nitrogens with zero attached hydrogens (tertiary/aromatic N) is 1. The van der Waals surface area contributed by atoms with E-state index < -0.39 is 6.04 Å². The molecule has 0 bridgehead atoms. The first-order valence-electron chi connectivity index (χ1n) is 3.73. The van der Waals surface area contributed by atoms with Gasteiger partial charge in [-0.15, -0.1) is 0 Å². The Hall–Kier alpha value is -0.750. The van der Waals surface area contributed by atoms with Gasteiger partial charge in [0, 0.05) is 21.7 Å². The van der Waals surface area contributed by atoms with E-state index in [1.807, 2.05) is 6.07 Å². The van der Waals surface area contributed by atoms with Crippen LogP contribution in [0.1, 0.15) is 18.0 Å². The maximum Gasteiger partial charge on any atom is 0.0641 e. The molecule has 1 aromatic carbocycles. The normalized spacial score (nSPS) is 12.2. The number of nitrogens with two attached hydrogens (primary N) is 1. The fraction of sp³-hybridized carbons (Fsp3) is 0.222. The van der Waals surface area contributed by atoms with Gasteiger partial charge in [-0.05, 0) is 12.1 Å². The van der Waals surface area contributed by atoms with Crippen molar-refractivity contribution in [2.45, 2.75) is 12.5 Å². The number of hydrogen-bond donors (Lipinski definition) is 1. The van der Waals surface area contributed by atoms with Gasteiger partial charge in [0.2, 0.25) is 0 Å². The van der Waals surface area contributed by atoms with E-state index in [1.165, 1.54) is 0 Å². The van der Waals surface area contributed by atoms with E-state index in [0.717, 1.165) is 0 Å². The molecule has 0 aliphatic heterocycles. The number of halogens is 2. The standard InChI is InChI=1S/C9H8Cl2N2/c10-6-2-1-3-7(11)9(6)8(13)4-5-12/h1-3,8H,4,13H2/t8-/m1/s1. The molecule has 2 N–H and O–H groups in total. The van der Waals surface area contributed by atoms with Crippen LogP contribution in [0.3, 0.4) is 0 Å². The molecule has 1 atom stereocenters. The average molecular weight is 215 g/mol. The van der Waals surface area contributed by atoms with Crippen molar-refractivity contribution in [3.63, 3.8) is 0 Å². The Bertz CT molecular complexity index is 324. The zero-order valence-corrected chi connectivity index (χ0v) is 8.31. The summed E-state index contributed by atoms with van der Waals surface area (Å²) in [7, 11) is 0. The Labute approximate surface area is 86.9 Å². The van der Waals surface area contributed by atoms with Crippen LogP contribution in [0.25, 0.3) is 0 Å². The van der Waals surface area contributed by atoms with Gasteiger partial charge < -0.3 is 5.73 Å². The van der Waals surface area contributed by atoms with Crippen LogP contribution in [-0.4, -0.2) is 0 Å². The van der Waals surface area contributed by atoms with Crippen molar-refractivity contribution in [2.24, 2.45) is 5.73 Å². The largest absolute Gasteiger partial charge is 0.323 e. The molecule has 13 heavy (non-hydrogen) atoms. The SMILES string of the molecule is N#CC[C@@H](N)c1c(Cl)cccc1Cl. The summed E-state index contributed by atoms with van der Waals surface area (Å²) >= 11 is 11.8. The van der Waals surface area contributed by atoms with Gasteiger partial charge in [0.05, 0.1) is 12.5 Å². The minimum Gasteiger partial charge on any atom is -0.323 e. The first kappa shape index (κ1) is 10.3. The van der Waals surface area contributed by atoms with E-state index >= 15 is 0 Å². The summed E-state index contributed by atoms with van der Waals surface area (Å²) in [6, 6.07) is 6.73. The number of benzene rings is 1. The molecule has 0 aliphatic carbocycles. The quantitative estimate of drug-likeness (QED) is 0.824. The van der Waals surface area contributed by atoms with Crippen molar-refractivity contribution < 1.29 is 0 Å². The molecule has 0 saturated carbocycles. The number of hydrogen-bond acceptors (Lipinski definition) is 2. The highest BCUT2D eigenvalue weighted by atomic mass is 35.5. The van der Waals surface area contributed by atoms with Gasteiger partial charge >= 0.3 is 0 Å². The van der Waals surface area contributed by atoms with Crippen LogP contribution in [0.15, 0.2) is 18.2 Å². The molecule has 0 heterocycles. The Balaban J connectivity index is 3.06. The lowest BCUT2D eigenvalue weighted by Crippen LogP contribution is -2.10. The van der Waals surface area contributed by atoms with Crippen LogP contribution in [0, 0.1) is 11.3 Å². The molecular weight excluding hydrogens is 207 g/mol. The van der Waals surface area contributed by atoms with E-state index in [4.69, 9.17) is 34.2 Å². The summed E-state index contributed by atoms with van der Waals surface area (Å²) in [6.07, 6.45) is 0.212. The Morgan fingerprint density at radius 3 is 2.38 bits per heavy atom. The van der Waals surface area contributed by atoms with E-state index in [1.54, 1.807) is 18.2 Å². The molecule has 0 fully saturated rings. The lowest BCUT2D eigenvalue weighted by molar-refractivity contribution is 0.749. The second kappa shape index (κ2) is 4.48. The monoisotopic (exact) mass is 214 g/mol. The second-order valence-electron chi connectivity index (χ2n) is 2.60. The van der Waals surface area contributed by atoms with Crippen molar-refractivity contribution in [3.05, 3.63) is 33.8 Å². The average Bonchev–Trinajstić information content (AvgIpc) is 2.04. The molecular formula is C9H8Cl2N2. The van der Waals surface area contributed by atoms with Gasteiger partial charge in [0.15, 0.2) is 0 Å². The minimum atomic E-state index is -0.411. The maximum atomic E-state index is 8.46. The summed E-state index contributed by atoms with van der Waals surface area (Å²) in [6.45, 7) is 0. The highest BCUT2D eigenvalue weighted by Crippen LogP contribution is 2.30. The predicted octanol–water partition coefficient (Wildman–Crippen LogP) is 2.91. The summed E-state index contributed by atoms with van der Waals surface area (Å²) in [5.74, 6) is 0. The maximum absolute atomic E-state index is 8.46. The molecule has 0 unspecified atom stereocenters. The molecule has 0 amide bonds. The highest BCUT2D eigenvalue weighted by Gasteiger charge is 2.12. The van der Waals surface area contributed by atoms with Crippen molar-refractivity contribution in [1.29, 1.82) is 5.26 Å². The molecule has 2 nitrogen and oxygen atoms in total. The van der Waals surface area contributed by atoms with Crippen LogP contribution in [0.2, 0.25) is 10.0 Å². The van der Waals surface area contributed by atoms with Crippen molar-refractivity contribution >= 4 is 23.2 Å². The van der Waals surface area contributed by atoms with Gasteiger partial charge in [0.1, 0.15) is 0 Å². The fourth-order valence-electron chi connectivity index (χ4n) is 1.07. The Morgan fingerprint density at radius 1 is 1.38 bits per heavy atom. The van der Waals surface area contributed by atoms with Gasteiger partial charge in [-0.1, -0.05) is 29.3 Å². The third-order valence-electron chi connectivity index (χ3n) is 1.68. The summed E-state index contributed by atoms with van der Waals surface area (Å²) in [5, 5.41) is 9.48. The van der Waals surface area contributed by atoms with Gasteiger partial charge in [-0.25, -0.2) is 0 Å². The van der Waals surface area contributed by atoms with Crippen molar-refractivity contribution in [2.75, 3.05) is 0 Å². The van der Waals surface area contributed by atoms with E-state index in [9.17, 15) is 0 Å². The molecule has 1 rings (SSSR count). The number of rotatable bonds is 2. The Morgan fingerprint density at radius 2 is 1.92 bits per heavy atom. The lowest BCUT2D eigenvalue weighted by atomic mass is 10.1. The van der Waals surface area contributed by atoms with Gasteiger partial charge in [-0.3, -0.25) is 0 Å². The molecule has 0 aromatic heterocycles. The van der Waals surface area contributed by atoms with Gasteiger partial charge in [0.25, 0.3) is 0 Å². The van der Waals surface area contributed by atoms with Crippen molar-refractivity contribution in [1.82, 2.24) is 0 Å². The first-order valence-corrected chi connectivity index (χ1v) is 4.49. The molecule has 0 radical (unpaired) electrons. The molecule has 0 spiro atoms.